The molecule has 5 atom stereocenters. The number of ether oxygens (including phenoxy) is 3. The molecule has 11 nitrogen and oxygen atoms in total. The van der Waals surface area contributed by atoms with E-state index >= 15 is 0 Å². The van der Waals surface area contributed by atoms with Gasteiger partial charge >= 0.3 is 6.09 Å². The van der Waals surface area contributed by atoms with Gasteiger partial charge in [-0.05, 0) is 74.4 Å². The van der Waals surface area contributed by atoms with Crippen molar-refractivity contribution in [3.05, 3.63) is 106 Å². The first kappa shape index (κ1) is 37.3. The topological polar surface area (TPSA) is 149 Å². The van der Waals surface area contributed by atoms with Crippen LogP contribution in [0.25, 0.3) is 0 Å². The maximum absolute atomic E-state index is 14.1. The first-order chi connectivity index (χ1) is 23.9. The summed E-state index contributed by atoms with van der Waals surface area (Å²) in [6.45, 7) is 7.67. The summed E-state index contributed by atoms with van der Waals surface area (Å²) in [7, 11) is 0. The van der Waals surface area contributed by atoms with Crippen molar-refractivity contribution in [3.63, 3.8) is 0 Å². The lowest BCUT2D eigenvalue weighted by Crippen LogP contribution is -2.52. The zero-order valence-electron chi connectivity index (χ0n) is 29.3. The molecule has 1 saturated heterocycles. The molecule has 1 aliphatic heterocycles. The maximum atomic E-state index is 14.1. The fourth-order valence-corrected chi connectivity index (χ4v) is 6.60. The monoisotopic (exact) mass is 689 g/mol. The molecule has 2 aliphatic rings. The Balaban J connectivity index is 1.31. The van der Waals surface area contributed by atoms with Gasteiger partial charge < -0.3 is 44.9 Å². The smallest absolute Gasteiger partial charge is 0.407 e. The third-order valence-electron chi connectivity index (χ3n) is 9.32. The average Bonchev–Trinajstić information content (AvgIpc) is 3.39. The summed E-state index contributed by atoms with van der Waals surface area (Å²) in [6, 6.07) is 23.2. The highest BCUT2D eigenvalue weighted by Crippen LogP contribution is 2.32. The minimum absolute atomic E-state index is 0.0368. The summed E-state index contributed by atoms with van der Waals surface area (Å²) in [5.74, 6) is -0.401. The number of carbonyl (C=O) groups is 2. The number of carbonyl (C=O) groups excluding carboxylic acids is 2. The van der Waals surface area contributed by atoms with Crippen molar-refractivity contribution in [3.8, 4) is 5.75 Å². The molecule has 2 amide bonds. The standard InChI is InChI=1S/C39H51N3O8/c1-39(2,3)50-38(46)40-33(24-27-9-5-4-6-10-27)34(43)26-30(37(45)41-36-32-12-8-7-11-29(32)25-35(36)44)23-28-13-15-31(16-14-28)49-22-19-42(47)17-20-48-21-18-42/h4-16,30,33-36,43-44H,17-26H2,1-3H3,(H,40,46)(H,41,45)/t30-,33-,34-,35+,36-/m0/s1. The van der Waals surface area contributed by atoms with Crippen molar-refractivity contribution in [2.24, 2.45) is 5.92 Å². The highest BCUT2D eigenvalue weighted by molar-refractivity contribution is 5.80. The molecule has 1 fully saturated rings. The van der Waals surface area contributed by atoms with Gasteiger partial charge in [-0.3, -0.25) is 4.79 Å². The summed E-state index contributed by atoms with van der Waals surface area (Å²) < 4.78 is 16.4. The van der Waals surface area contributed by atoms with Crippen LogP contribution in [0, 0.1) is 11.1 Å². The number of hydrogen-bond acceptors (Lipinski definition) is 8. The first-order valence-electron chi connectivity index (χ1n) is 17.5. The number of nitrogens with one attached hydrogen (secondary N) is 2. The van der Waals surface area contributed by atoms with Crippen molar-refractivity contribution in [2.75, 3.05) is 39.5 Å². The number of fused-ring (bicyclic) bond motifs is 1. The van der Waals surface area contributed by atoms with Gasteiger partial charge in [0.2, 0.25) is 5.91 Å². The summed E-state index contributed by atoms with van der Waals surface area (Å²) in [6.07, 6.45) is -1.44. The van der Waals surface area contributed by atoms with Crippen LogP contribution in [0.4, 0.5) is 4.79 Å². The van der Waals surface area contributed by atoms with Crippen LogP contribution in [0.2, 0.25) is 0 Å². The van der Waals surface area contributed by atoms with E-state index in [9.17, 15) is 25.0 Å². The minimum Gasteiger partial charge on any atom is -0.633 e. The number of benzene rings is 3. The molecule has 50 heavy (non-hydrogen) atoms. The van der Waals surface area contributed by atoms with E-state index in [4.69, 9.17) is 14.2 Å². The molecule has 0 saturated carbocycles. The van der Waals surface area contributed by atoms with Gasteiger partial charge in [-0.2, -0.15) is 0 Å². The lowest BCUT2D eigenvalue weighted by molar-refractivity contribution is -0.888. The highest BCUT2D eigenvalue weighted by Gasteiger charge is 2.35. The number of hydroxylamine groups is 3. The number of hydrogen-bond donors (Lipinski definition) is 4. The molecule has 0 bridgehead atoms. The average molecular weight is 690 g/mol. The quantitative estimate of drug-likeness (QED) is 0.145. The Hall–Kier alpha value is -4.00. The fourth-order valence-electron chi connectivity index (χ4n) is 6.60. The molecule has 0 radical (unpaired) electrons. The van der Waals surface area contributed by atoms with E-state index in [1.165, 1.54) is 0 Å². The van der Waals surface area contributed by atoms with E-state index < -0.39 is 41.9 Å². The Kier molecular flexibility index (Phi) is 12.5. The number of aliphatic hydroxyl groups excluding tert-OH is 2. The van der Waals surface area contributed by atoms with Crippen LogP contribution < -0.4 is 15.4 Å². The fraction of sp³-hybridized carbons (Fsp3) is 0.487. The van der Waals surface area contributed by atoms with E-state index in [0.29, 0.717) is 57.9 Å². The third-order valence-corrected chi connectivity index (χ3v) is 9.32. The Morgan fingerprint density at radius 3 is 2.32 bits per heavy atom. The molecule has 0 unspecified atom stereocenters. The SMILES string of the molecule is CC(C)(C)OC(=O)N[C@@H](Cc1ccccc1)[C@@H](O)C[C@H](Cc1ccc(OCC[N+]2([O-])CCOCC2)cc1)C(=O)N[C@H]1c2ccccc2C[C@H]1O. The highest BCUT2D eigenvalue weighted by atomic mass is 16.6. The second kappa shape index (κ2) is 16.8. The van der Waals surface area contributed by atoms with E-state index in [1.54, 1.807) is 20.8 Å². The van der Waals surface area contributed by atoms with Crippen molar-refractivity contribution in [1.29, 1.82) is 0 Å². The molecule has 11 heteroatoms. The molecule has 0 spiro atoms. The van der Waals surface area contributed by atoms with E-state index in [-0.39, 0.29) is 23.6 Å². The normalized spacial score (nSPS) is 20.2. The lowest BCUT2D eigenvalue weighted by atomic mass is 9.88. The van der Waals surface area contributed by atoms with E-state index in [0.717, 1.165) is 22.3 Å². The summed E-state index contributed by atoms with van der Waals surface area (Å²) in [5, 5.41) is 41.3. The Morgan fingerprint density at radius 2 is 1.62 bits per heavy atom. The Morgan fingerprint density at radius 1 is 0.960 bits per heavy atom. The second-order valence-corrected chi connectivity index (χ2v) is 14.4. The Labute approximate surface area is 294 Å². The van der Waals surface area contributed by atoms with Crippen LogP contribution >= 0.6 is 0 Å². The largest absolute Gasteiger partial charge is 0.633 e. The molecule has 3 aromatic carbocycles. The lowest BCUT2D eigenvalue weighted by Gasteiger charge is -2.44. The van der Waals surface area contributed by atoms with Crippen LogP contribution in [-0.2, 0) is 33.5 Å². The van der Waals surface area contributed by atoms with Crippen LogP contribution in [0.1, 0.15) is 55.5 Å². The number of nitrogens with zero attached hydrogens (tertiary/aromatic N) is 1. The van der Waals surface area contributed by atoms with Gasteiger partial charge in [-0.25, -0.2) is 4.79 Å². The molecule has 4 N–H and O–H groups in total. The van der Waals surface area contributed by atoms with Gasteiger partial charge in [0, 0.05) is 12.3 Å². The van der Waals surface area contributed by atoms with Gasteiger partial charge in [0.15, 0.2) is 0 Å². The number of alkyl carbamates (subject to hydrolysis) is 1. The van der Waals surface area contributed by atoms with E-state index in [2.05, 4.69) is 10.6 Å². The van der Waals surface area contributed by atoms with Gasteiger partial charge in [0.25, 0.3) is 0 Å². The van der Waals surface area contributed by atoms with Gasteiger partial charge in [-0.15, -0.1) is 0 Å². The molecular weight excluding hydrogens is 638 g/mol. The van der Waals surface area contributed by atoms with E-state index in [1.807, 2.05) is 78.9 Å². The maximum Gasteiger partial charge on any atom is 0.407 e. The number of quaternary nitrogens is 1. The molecule has 3 aromatic rings. The second-order valence-electron chi connectivity index (χ2n) is 14.4. The summed E-state index contributed by atoms with van der Waals surface area (Å²) >= 11 is 0. The Bertz CT molecular complexity index is 1540. The first-order valence-corrected chi connectivity index (χ1v) is 17.5. The van der Waals surface area contributed by atoms with Crippen molar-refractivity contribution >= 4 is 12.0 Å². The summed E-state index contributed by atoms with van der Waals surface area (Å²) in [5.41, 5.74) is 2.89. The number of amides is 2. The van der Waals surface area contributed by atoms with Crippen LogP contribution in [0.3, 0.4) is 0 Å². The molecule has 1 aliphatic carbocycles. The predicted octanol–water partition coefficient (Wildman–Crippen LogP) is 4.23. The van der Waals surface area contributed by atoms with Gasteiger partial charge in [-0.1, -0.05) is 66.7 Å². The molecular formula is C39H51N3O8. The summed E-state index contributed by atoms with van der Waals surface area (Å²) in [4.78, 5) is 26.9. The third kappa shape index (κ3) is 10.7. The minimum atomic E-state index is -1.11. The van der Waals surface area contributed by atoms with Crippen LogP contribution in [0.15, 0.2) is 78.9 Å². The molecule has 1 heterocycles. The number of aliphatic hydroxyl groups is 2. The number of morpholine rings is 1. The zero-order chi connectivity index (χ0) is 35.7. The van der Waals surface area contributed by atoms with Gasteiger partial charge in [0.1, 0.15) is 37.6 Å². The zero-order valence-corrected chi connectivity index (χ0v) is 29.3. The molecule has 5 rings (SSSR count). The van der Waals surface area contributed by atoms with Crippen molar-refractivity contribution in [1.82, 2.24) is 10.6 Å². The van der Waals surface area contributed by atoms with Crippen LogP contribution in [0.5, 0.6) is 5.75 Å². The van der Waals surface area contributed by atoms with Crippen molar-refractivity contribution < 1.29 is 38.7 Å². The molecule has 0 aromatic heterocycles. The molecule has 270 valence electrons. The number of rotatable bonds is 14. The van der Waals surface area contributed by atoms with Gasteiger partial charge in [0.05, 0.1) is 37.5 Å². The van der Waals surface area contributed by atoms with Crippen molar-refractivity contribution in [2.45, 2.75) is 76.3 Å². The van der Waals surface area contributed by atoms with Crippen LogP contribution in [-0.4, -0.2) is 90.2 Å². The predicted molar refractivity (Wildman–Crippen MR) is 189 cm³/mol.